The molecule has 1 aromatic carbocycles. The van der Waals surface area contributed by atoms with E-state index in [0.717, 1.165) is 4.47 Å². The van der Waals surface area contributed by atoms with Crippen LogP contribution in [0, 0.1) is 0 Å². The van der Waals surface area contributed by atoms with Gasteiger partial charge in [-0.1, -0.05) is 6.07 Å². The molecule has 0 saturated carbocycles. The molecule has 3 N–H and O–H groups in total. The summed E-state index contributed by atoms with van der Waals surface area (Å²) in [5.41, 5.74) is 5.27. The van der Waals surface area contributed by atoms with Gasteiger partial charge in [-0.15, -0.1) is 0 Å². The van der Waals surface area contributed by atoms with Crippen LogP contribution in [0.5, 0.6) is 11.5 Å². The van der Waals surface area contributed by atoms with E-state index in [-0.39, 0.29) is 13.2 Å². The molecule has 0 aromatic heterocycles. The van der Waals surface area contributed by atoms with Gasteiger partial charge in [0, 0.05) is 6.54 Å². The second-order valence-electron chi connectivity index (χ2n) is 2.97. The highest BCUT2D eigenvalue weighted by Crippen LogP contribution is 2.34. The summed E-state index contributed by atoms with van der Waals surface area (Å²) in [7, 11) is 1.56. The minimum atomic E-state index is -0.665. The summed E-state index contributed by atoms with van der Waals surface area (Å²) in [6, 6.07) is 5.47. The predicted octanol–water partition coefficient (Wildman–Crippen LogP) is 1.16. The lowest BCUT2D eigenvalue weighted by Crippen LogP contribution is -2.26. The van der Waals surface area contributed by atoms with E-state index in [1.54, 1.807) is 13.2 Å². The van der Waals surface area contributed by atoms with Crippen molar-refractivity contribution in [3.63, 3.8) is 0 Å². The Morgan fingerprint density at radius 3 is 2.87 bits per heavy atom. The molecule has 0 aliphatic rings. The number of rotatable bonds is 5. The minimum absolute atomic E-state index is 0.148. The van der Waals surface area contributed by atoms with Crippen molar-refractivity contribution in [1.82, 2.24) is 0 Å². The van der Waals surface area contributed by atoms with Gasteiger partial charge in [0.15, 0.2) is 11.5 Å². The number of aliphatic hydroxyl groups is 1. The van der Waals surface area contributed by atoms with Crippen molar-refractivity contribution in [2.45, 2.75) is 6.10 Å². The second kappa shape index (κ2) is 5.95. The number of ether oxygens (including phenoxy) is 2. The van der Waals surface area contributed by atoms with Gasteiger partial charge in [-0.3, -0.25) is 0 Å². The summed E-state index contributed by atoms with van der Waals surface area (Å²) in [6.07, 6.45) is -0.665. The molecule has 0 saturated heterocycles. The first kappa shape index (κ1) is 12.3. The van der Waals surface area contributed by atoms with Gasteiger partial charge < -0.3 is 20.3 Å². The summed E-state index contributed by atoms with van der Waals surface area (Å²) in [5.74, 6) is 1.20. The Balaban J connectivity index is 2.74. The molecule has 15 heavy (non-hydrogen) atoms. The summed E-state index contributed by atoms with van der Waals surface area (Å²) in [4.78, 5) is 0. The molecule has 1 unspecified atom stereocenters. The van der Waals surface area contributed by atoms with Crippen LogP contribution in [-0.4, -0.2) is 31.5 Å². The van der Waals surface area contributed by atoms with Crippen LogP contribution < -0.4 is 15.2 Å². The number of benzene rings is 1. The third-order valence-electron chi connectivity index (χ3n) is 1.84. The Hall–Kier alpha value is -0.780. The highest BCUT2D eigenvalue weighted by molar-refractivity contribution is 9.10. The third-order valence-corrected chi connectivity index (χ3v) is 2.47. The average Bonchev–Trinajstić information content (AvgIpc) is 2.26. The molecule has 0 aliphatic heterocycles. The lowest BCUT2D eigenvalue weighted by molar-refractivity contribution is 0.112. The highest BCUT2D eigenvalue weighted by atomic mass is 79.9. The quantitative estimate of drug-likeness (QED) is 0.847. The molecular weight excluding hydrogens is 262 g/mol. The van der Waals surface area contributed by atoms with Crippen LogP contribution in [0.3, 0.4) is 0 Å². The van der Waals surface area contributed by atoms with Gasteiger partial charge in [0.2, 0.25) is 0 Å². The molecule has 0 radical (unpaired) electrons. The molecule has 0 fully saturated rings. The van der Waals surface area contributed by atoms with E-state index >= 15 is 0 Å². The van der Waals surface area contributed by atoms with Crippen LogP contribution in [0.2, 0.25) is 0 Å². The Morgan fingerprint density at radius 2 is 2.27 bits per heavy atom. The zero-order chi connectivity index (χ0) is 11.3. The van der Waals surface area contributed by atoms with Gasteiger partial charge in [-0.25, -0.2) is 0 Å². The fourth-order valence-electron chi connectivity index (χ4n) is 1.04. The molecule has 1 rings (SSSR count). The first-order valence-corrected chi connectivity index (χ1v) is 5.31. The van der Waals surface area contributed by atoms with Crippen LogP contribution >= 0.6 is 15.9 Å². The lowest BCUT2D eigenvalue weighted by Gasteiger charge is -2.14. The van der Waals surface area contributed by atoms with E-state index in [9.17, 15) is 5.11 Å². The maximum Gasteiger partial charge on any atom is 0.175 e. The summed E-state index contributed by atoms with van der Waals surface area (Å²) in [5, 5.41) is 9.27. The van der Waals surface area contributed by atoms with E-state index in [4.69, 9.17) is 15.2 Å². The van der Waals surface area contributed by atoms with Crippen molar-refractivity contribution in [3.8, 4) is 11.5 Å². The molecule has 5 heteroatoms. The van der Waals surface area contributed by atoms with Crippen molar-refractivity contribution >= 4 is 15.9 Å². The Bertz CT molecular complexity index is 320. The maximum absolute atomic E-state index is 9.27. The normalized spacial score (nSPS) is 12.3. The molecule has 1 aromatic rings. The van der Waals surface area contributed by atoms with Crippen LogP contribution in [0.1, 0.15) is 0 Å². The topological polar surface area (TPSA) is 64.7 Å². The number of methoxy groups -OCH3 is 1. The first-order chi connectivity index (χ1) is 7.19. The molecule has 0 amide bonds. The van der Waals surface area contributed by atoms with Crippen LogP contribution in [0.4, 0.5) is 0 Å². The van der Waals surface area contributed by atoms with Gasteiger partial charge in [-0.2, -0.15) is 0 Å². The van der Waals surface area contributed by atoms with Crippen LogP contribution in [0.25, 0.3) is 0 Å². The summed E-state index contributed by atoms with van der Waals surface area (Å²) in [6.45, 7) is 0.322. The third kappa shape index (κ3) is 3.37. The number of hydrogen-bond acceptors (Lipinski definition) is 4. The molecule has 0 bridgehead atoms. The molecule has 4 nitrogen and oxygen atoms in total. The Kier molecular flexibility index (Phi) is 4.87. The fourth-order valence-corrected chi connectivity index (χ4v) is 1.50. The number of para-hydroxylation sites is 1. The summed E-state index contributed by atoms with van der Waals surface area (Å²) < 4.78 is 11.3. The molecule has 1 atom stereocenters. The zero-order valence-corrected chi connectivity index (χ0v) is 10.0. The lowest BCUT2D eigenvalue weighted by atomic mass is 10.3. The summed E-state index contributed by atoms with van der Waals surface area (Å²) >= 11 is 3.34. The Labute approximate surface area is 97.1 Å². The second-order valence-corrected chi connectivity index (χ2v) is 3.83. The van der Waals surface area contributed by atoms with E-state index in [0.29, 0.717) is 11.5 Å². The molecular formula is C10H14BrNO3. The van der Waals surface area contributed by atoms with Crippen molar-refractivity contribution in [1.29, 1.82) is 0 Å². The number of aliphatic hydroxyl groups excluding tert-OH is 1. The number of nitrogens with two attached hydrogens (primary N) is 1. The van der Waals surface area contributed by atoms with E-state index in [1.807, 2.05) is 12.1 Å². The largest absolute Gasteiger partial charge is 0.493 e. The molecule has 0 aliphatic carbocycles. The van der Waals surface area contributed by atoms with Gasteiger partial charge in [0.25, 0.3) is 0 Å². The predicted molar refractivity (Wildman–Crippen MR) is 61.3 cm³/mol. The first-order valence-electron chi connectivity index (χ1n) is 4.52. The smallest absolute Gasteiger partial charge is 0.175 e. The minimum Gasteiger partial charge on any atom is -0.493 e. The van der Waals surface area contributed by atoms with E-state index < -0.39 is 6.10 Å². The molecule has 0 heterocycles. The van der Waals surface area contributed by atoms with Crippen molar-refractivity contribution in [2.75, 3.05) is 20.3 Å². The van der Waals surface area contributed by atoms with Crippen molar-refractivity contribution < 1.29 is 14.6 Å². The van der Waals surface area contributed by atoms with Gasteiger partial charge in [0.05, 0.1) is 11.6 Å². The molecule has 84 valence electrons. The zero-order valence-electron chi connectivity index (χ0n) is 8.44. The van der Waals surface area contributed by atoms with Gasteiger partial charge >= 0.3 is 0 Å². The number of halogens is 1. The maximum atomic E-state index is 9.27. The van der Waals surface area contributed by atoms with Crippen LogP contribution in [-0.2, 0) is 0 Å². The monoisotopic (exact) mass is 275 g/mol. The van der Waals surface area contributed by atoms with Crippen molar-refractivity contribution in [2.24, 2.45) is 5.73 Å². The number of hydrogen-bond donors (Lipinski definition) is 2. The molecule has 0 spiro atoms. The van der Waals surface area contributed by atoms with Gasteiger partial charge in [0.1, 0.15) is 12.7 Å². The van der Waals surface area contributed by atoms with Gasteiger partial charge in [-0.05, 0) is 28.1 Å². The fraction of sp³-hybridized carbons (Fsp3) is 0.400. The van der Waals surface area contributed by atoms with Crippen LogP contribution in [0.15, 0.2) is 22.7 Å². The van der Waals surface area contributed by atoms with E-state index in [1.165, 1.54) is 0 Å². The average molecular weight is 276 g/mol. The van der Waals surface area contributed by atoms with E-state index in [2.05, 4.69) is 15.9 Å². The standard InChI is InChI=1S/C10H14BrNO3/c1-14-9-4-2-3-8(11)10(9)15-6-7(13)5-12/h2-4,7,13H,5-6,12H2,1H3. The highest BCUT2D eigenvalue weighted by Gasteiger charge is 2.10. The van der Waals surface area contributed by atoms with Crippen molar-refractivity contribution in [3.05, 3.63) is 22.7 Å². The SMILES string of the molecule is COc1cccc(Br)c1OCC(O)CN. The Morgan fingerprint density at radius 1 is 1.53 bits per heavy atom.